The largest absolute Gasteiger partial charge is 0.385 e. The van der Waals surface area contributed by atoms with E-state index in [1.807, 2.05) is 39.0 Å². The van der Waals surface area contributed by atoms with Gasteiger partial charge in [-0.15, -0.1) is 0 Å². The van der Waals surface area contributed by atoms with Crippen LogP contribution in [-0.2, 0) is 9.53 Å². The van der Waals surface area contributed by atoms with Gasteiger partial charge >= 0.3 is 0 Å². The van der Waals surface area contributed by atoms with Crippen molar-refractivity contribution in [1.29, 1.82) is 0 Å². The Morgan fingerprint density at radius 2 is 2.00 bits per heavy atom. The van der Waals surface area contributed by atoms with Crippen molar-refractivity contribution in [3.05, 3.63) is 41.6 Å². The number of aromatic nitrogens is 1. The van der Waals surface area contributed by atoms with Crippen LogP contribution in [0.25, 0.3) is 11.1 Å². The molecule has 1 aliphatic heterocycles. The first kappa shape index (κ1) is 20.6. The van der Waals surface area contributed by atoms with Crippen LogP contribution in [0.2, 0.25) is 5.02 Å². The molecule has 6 heteroatoms. The second kappa shape index (κ2) is 8.93. The van der Waals surface area contributed by atoms with Crippen LogP contribution in [0.4, 0.5) is 11.5 Å². The number of pyridine rings is 1. The summed E-state index contributed by atoms with van der Waals surface area (Å²) in [6.07, 6.45) is 3.77. The second-order valence-electron chi connectivity index (χ2n) is 8.27. The molecule has 0 aliphatic carbocycles. The Bertz CT molecular complexity index is 827. The van der Waals surface area contributed by atoms with Gasteiger partial charge in [0.1, 0.15) is 5.82 Å². The molecule has 2 N–H and O–H groups in total. The third-order valence-electron chi connectivity index (χ3n) is 4.89. The number of carbonyl (C=O) groups excluding carboxylic acids is 1. The predicted octanol–water partition coefficient (Wildman–Crippen LogP) is 5.23. The van der Waals surface area contributed by atoms with E-state index in [0.717, 1.165) is 49.4 Å². The fraction of sp³-hybridized carbons (Fsp3) is 0.455. The van der Waals surface area contributed by atoms with Crippen LogP contribution in [0.1, 0.15) is 33.6 Å². The molecule has 28 heavy (non-hydrogen) atoms. The maximum atomic E-state index is 12.3. The Hall–Kier alpha value is -2.11. The third kappa shape index (κ3) is 5.46. The summed E-state index contributed by atoms with van der Waals surface area (Å²) in [4.78, 5) is 16.5. The van der Waals surface area contributed by atoms with E-state index in [2.05, 4.69) is 27.8 Å². The number of hydrogen-bond donors (Lipinski definition) is 2. The van der Waals surface area contributed by atoms with Crippen molar-refractivity contribution in [1.82, 2.24) is 4.98 Å². The molecule has 1 saturated heterocycles. The zero-order chi connectivity index (χ0) is 20.1. The fourth-order valence-electron chi connectivity index (χ4n) is 3.04. The Balaban J connectivity index is 1.75. The number of hydrogen-bond acceptors (Lipinski definition) is 4. The SMILES string of the molecule is CC(C)(C)C(=O)Nc1cc(-c2cccc(NCC3CCOCC3)c2)c(Cl)cn1. The number of rotatable bonds is 5. The van der Waals surface area contributed by atoms with Crippen LogP contribution < -0.4 is 10.6 Å². The van der Waals surface area contributed by atoms with Gasteiger partial charge < -0.3 is 15.4 Å². The molecular formula is C22H28ClN3O2. The highest BCUT2D eigenvalue weighted by Crippen LogP contribution is 2.31. The predicted molar refractivity (Wildman–Crippen MR) is 115 cm³/mol. The quantitative estimate of drug-likeness (QED) is 0.720. The van der Waals surface area contributed by atoms with E-state index in [1.54, 1.807) is 6.20 Å². The van der Waals surface area contributed by atoms with E-state index in [0.29, 0.717) is 16.8 Å². The van der Waals surface area contributed by atoms with Gasteiger partial charge in [0.25, 0.3) is 0 Å². The Morgan fingerprint density at radius 3 is 2.71 bits per heavy atom. The molecule has 0 spiro atoms. The van der Waals surface area contributed by atoms with Gasteiger partial charge in [-0.05, 0) is 42.5 Å². The molecule has 2 heterocycles. The van der Waals surface area contributed by atoms with Crippen LogP contribution in [0.3, 0.4) is 0 Å². The van der Waals surface area contributed by atoms with Crippen molar-refractivity contribution in [2.75, 3.05) is 30.4 Å². The Kier molecular flexibility index (Phi) is 6.57. The molecule has 1 aromatic carbocycles. The minimum atomic E-state index is -0.491. The number of carbonyl (C=O) groups is 1. The zero-order valence-electron chi connectivity index (χ0n) is 16.7. The van der Waals surface area contributed by atoms with E-state index in [4.69, 9.17) is 16.3 Å². The average molecular weight is 402 g/mol. The third-order valence-corrected chi connectivity index (χ3v) is 5.19. The molecule has 2 aromatic rings. The lowest BCUT2D eigenvalue weighted by atomic mass is 9.96. The molecule has 0 unspecified atom stereocenters. The molecule has 0 atom stereocenters. The van der Waals surface area contributed by atoms with Crippen molar-refractivity contribution in [3.63, 3.8) is 0 Å². The topological polar surface area (TPSA) is 63.2 Å². The van der Waals surface area contributed by atoms with Gasteiger partial charge in [-0.1, -0.05) is 44.5 Å². The molecule has 5 nitrogen and oxygen atoms in total. The first-order chi connectivity index (χ1) is 13.3. The average Bonchev–Trinajstić information content (AvgIpc) is 2.68. The molecule has 0 radical (unpaired) electrons. The summed E-state index contributed by atoms with van der Waals surface area (Å²) in [7, 11) is 0. The van der Waals surface area contributed by atoms with Crippen LogP contribution in [0, 0.1) is 11.3 Å². The number of amides is 1. The summed E-state index contributed by atoms with van der Waals surface area (Å²) in [5.74, 6) is 1.06. The van der Waals surface area contributed by atoms with Crippen LogP contribution in [-0.4, -0.2) is 30.6 Å². The van der Waals surface area contributed by atoms with Crippen LogP contribution >= 0.6 is 11.6 Å². The molecule has 0 saturated carbocycles. The van der Waals surface area contributed by atoms with Crippen LogP contribution in [0.15, 0.2) is 36.5 Å². The lowest BCUT2D eigenvalue weighted by molar-refractivity contribution is -0.123. The summed E-state index contributed by atoms with van der Waals surface area (Å²) in [6, 6.07) is 9.97. The lowest BCUT2D eigenvalue weighted by Gasteiger charge is -2.22. The minimum Gasteiger partial charge on any atom is -0.385 e. The van der Waals surface area contributed by atoms with E-state index < -0.39 is 5.41 Å². The van der Waals surface area contributed by atoms with Gasteiger partial charge in [-0.2, -0.15) is 0 Å². The summed E-state index contributed by atoms with van der Waals surface area (Å²) in [5, 5.41) is 6.94. The second-order valence-corrected chi connectivity index (χ2v) is 8.68. The van der Waals surface area contributed by atoms with E-state index >= 15 is 0 Å². The fourth-order valence-corrected chi connectivity index (χ4v) is 3.25. The highest BCUT2D eigenvalue weighted by atomic mass is 35.5. The maximum Gasteiger partial charge on any atom is 0.230 e. The van der Waals surface area contributed by atoms with Gasteiger partial charge in [0, 0.05) is 42.6 Å². The van der Waals surface area contributed by atoms with Gasteiger partial charge in [0.2, 0.25) is 5.91 Å². The zero-order valence-corrected chi connectivity index (χ0v) is 17.5. The number of nitrogens with one attached hydrogen (secondary N) is 2. The first-order valence-corrected chi connectivity index (χ1v) is 10.1. The molecule has 1 aromatic heterocycles. The van der Waals surface area contributed by atoms with Gasteiger partial charge in [-0.3, -0.25) is 4.79 Å². The number of halogens is 1. The molecule has 1 aliphatic rings. The highest BCUT2D eigenvalue weighted by molar-refractivity contribution is 6.33. The van der Waals surface area contributed by atoms with E-state index in [-0.39, 0.29) is 5.91 Å². The highest BCUT2D eigenvalue weighted by Gasteiger charge is 2.22. The molecular weight excluding hydrogens is 374 g/mol. The van der Waals surface area contributed by atoms with Crippen molar-refractivity contribution in [2.24, 2.45) is 11.3 Å². The van der Waals surface area contributed by atoms with Gasteiger partial charge in [0.15, 0.2) is 0 Å². The smallest absolute Gasteiger partial charge is 0.230 e. The molecule has 150 valence electrons. The van der Waals surface area contributed by atoms with Crippen LogP contribution in [0.5, 0.6) is 0 Å². The van der Waals surface area contributed by atoms with Crippen molar-refractivity contribution in [2.45, 2.75) is 33.6 Å². The standard InChI is InChI=1S/C22H28ClN3O2/c1-22(2,3)21(27)26-20-12-18(19(23)14-25-20)16-5-4-6-17(11-16)24-13-15-7-9-28-10-8-15/h4-6,11-12,14-15,24H,7-10,13H2,1-3H3,(H,25,26,27). The molecule has 1 amide bonds. The number of ether oxygens (including phenoxy) is 1. The lowest BCUT2D eigenvalue weighted by Crippen LogP contribution is -2.28. The van der Waals surface area contributed by atoms with E-state index in [9.17, 15) is 4.79 Å². The Morgan fingerprint density at radius 1 is 1.25 bits per heavy atom. The van der Waals surface area contributed by atoms with Gasteiger partial charge in [0.05, 0.1) is 5.02 Å². The minimum absolute atomic E-state index is 0.0832. The first-order valence-electron chi connectivity index (χ1n) is 9.72. The number of anilines is 2. The maximum absolute atomic E-state index is 12.3. The van der Waals surface area contributed by atoms with Gasteiger partial charge in [-0.25, -0.2) is 4.98 Å². The molecule has 0 bridgehead atoms. The van der Waals surface area contributed by atoms with Crippen molar-refractivity contribution >= 4 is 29.0 Å². The normalized spacial score (nSPS) is 15.3. The molecule has 3 rings (SSSR count). The number of benzene rings is 1. The van der Waals surface area contributed by atoms with Crippen molar-refractivity contribution < 1.29 is 9.53 Å². The molecule has 1 fully saturated rings. The summed E-state index contributed by atoms with van der Waals surface area (Å²) < 4.78 is 5.42. The van der Waals surface area contributed by atoms with Crippen molar-refractivity contribution in [3.8, 4) is 11.1 Å². The monoisotopic (exact) mass is 401 g/mol. The van der Waals surface area contributed by atoms with E-state index in [1.165, 1.54) is 0 Å². The summed E-state index contributed by atoms with van der Waals surface area (Å²) in [6.45, 7) is 8.24. The summed E-state index contributed by atoms with van der Waals surface area (Å²) >= 11 is 6.40. The Labute approximate surface area is 171 Å². The summed E-state index contributed by atoms with van der Waals surface area (Å²) in [5.41, 5.74) is 2.39. The number of nitrogens with zero attached hydrogens (tertiary/aromatic N) is 1.